The SMILES string of the molecule is C/C=C(\C)C(=O)N1CCc2c(C(=O)Nc3ccnc(C(C)(C)C)c3)csc2C1. The number of nitrogens with zero attached hydrogens (tertiary/aromatic N) is 2. The Kier molecular flexibility index (Phi) is 5.70. The molecular weight excluding hydrogens is 370 g/mol. The lowest BCUT2D eigenvalue weighted by Crippen LogP contribution is -2.36. The third-order valence-electron chi connectivity index (χ3n) is 5.04. The number of amides is 2. The van der Waals surface area contributed by atoms with E-state index in [0.29, 0.717) is 25.1 Å². The Morgan fingerprint density at radius 2 is 2.07 bits per heavy atom. The highest BCUT2D eigenvalue weighted by molar-refractivity contribution is 7.10. The van der Waals surface area contributed by atoms with Crippen LogP contribution >= 0.6 is 11.3 Å². The standard InChI is InChI=1S/C22H27N3O2S/c1-6-14(2)21(27)25-10-8-16-17(13-28-18(16)12-25)20(26)24-15-7-9-23-19(11-15)22(3,4)5/h6-7,9,11,13H,8,10,12H2,1-5H3,(H,23,24,26)/b14-6+. The third kappa shape index (κ3) is 4.17. The predicted molar refractivity (Wildman–Crippen MR) is 114 cm³/mol. The molecule has 0 saturated carbocycles. The van der Waals surface area contributed by atoms with Gasteiger partial charge in [-0.3, -0.25) is 14.6 Å². The zero-order valence-corrected chi connectivity index (χ0v) is 17.9. The average molecular weight is 398 g/mol. The minimum Gasteiger partial charge on any atom is -0.333 e. The van der Waals surface area contributed by atoms with Crippen molar-refractivity contribution in [3.63, 3.8) is 0 Å². The molecule has 1 aliphatic rings. The van der Waals surface area contributed by atoms with Gasteiger partial charge in [0.1, 0.15) is 0 Å². The highest BCUT2D eigenvalue weighted by Crippen LogP contribution is 2.30. The quantitative estimate of drug-likeness (QED) is 0.773. The topological polar surface area (TPSA) is 62.3 Å². The second-order valence-electron chi connectivity index (χ2n) is 8.13. The molecule has 2 aromatic heterocycles. The summed E-state index contributed by atoms with van der Waals surface area (Å²) >= 11 is 1.55. The third-order valence-corrected chi connectivity index (χ3v) is 6.05. The van der Waals surface area contributed by atoms with Crippen LogP contribution in [0.25, 0.3) is 0 Å². The average Bonchev–Trinajstić information content (AvgIpc) is 3.09. The lowest BCUT2D eigenvalue weighted by atomic mass is 9.91. The van der Waals surface area contributed by atoms with Crippen molar-refractivity contribution in [3.8, 4) is 0 Å². The fourth-order valence-corrected chi connectivity index (χ4v) is 4.28. The Labute approximate surface area is 170 Å². The van der Waals surface area contributed by atoms with Crippen LogP contribution < -0.4 is 5.32 Å². The van der Waals surface area contributed by atoms with Crippen LogP contribution in [-0.2, 0) is 23.2 Å². The fraction of sp³-hybridized carbons (Fsp3) is 0.409. The first kappa shape index (κ1) is 20.3. The molecule has 28 heavy (non-hydrogen) atoms. The first-order valence-corrected chi connectivity index (χ1v) is 10.4. The molecule has 0 atom stereocenters. The van der Waals surface area contributed by atoms with Crippen LogP contribution in [0.1, 0.15) is 61.1 Å². The number of hydrogen-bond acceptors (Lipinski definition) is 4. The van der Waals surface area contributed by atoms with Gasteiger partial charge in [-0.15, -0.1) is 11.3 Å². The number of rotatable bonds is 3. The van der Waals surface area contributed by atoms with Crippen molar-refractivity contribution in [1.82, 2.24) is 9.88 Å². The van der Waals surface area contributed by atoms with Gasteiger partial charge >= 0.3 is 0 Å². The van der Waals surface area contributed by atoms with Crippen LogP contribution in [0, 0.1) is 0 Å². The van der Waals surface area contributed by atoms with E-state index in [9.17, 15) is 9.59 Å². The number of carbonyl (C=O) groups is 2. The molecule has 0 aromatic carbocycles. The maximum atomic E-state index is 12.9. The molecule has 0 unspecified atom stereocenters. The van der Waals surface area contributed by atoms with Crippen molar-refractivity contribution in [2.45, 2.75) is 53.0 Å². The Hall–Kier alpha value is -2.47. The highest BCUT2D eigenvalue weighted by Gasteiger charge is 2.27. The van der Waals surface area contributed by atoms with E-state index in [1.54, 1.807) is 17.5 Å². The number of nitrogens with one attached hydrogen (secondary N) is 1. The van der Waals surface area contributed by atoms with Crippen LogP contribution in [0.4, 0.5) is 5.69 Å². The summed E-state index contributed by atoms with van der Waals surface area (Å²) in [6.07, 6.45) is 4.27. The van der Waals surface area contributed by atoms with Gasteiger partial charge in [0.05, 0.1) is 12.1 Å². The van der Waals surface area contributed by atoms with Crippen LogP contribution in [0.15, 0.2) is 35.4 Å². The maximum Gasteiger partial charge on any atom is 0.256 e. The van der Waals surface area contributed by atoms with E-state index in [1.807, 2.05) is 42.3 Å². The molecule has 0 spiro atoms. The highest BCUT2D eigenvalue weighted by atomic mass is 32.1. The molecule has 6 heteroatoms. The number of fused-ring (bicyclic) bond motifs is 1. The molecular formula is C22H27N3O2S. The van der Waals surface area contributed by atoms with E-state index < -0.39 is 0 Å². The predicted octanol–water partition coefficient (Wildman–Crippen LogP) is 4.54. The summed E-state index contributed by atoms with van der Waals surface area (Å²) in [5.74, 6) is -0.0352. The second-order valence-corrected chi connectivity index (χ2v) is 9.10. The van der Waals surface area contributed by atoms with Crippen molar-refractivity contribution >= 4 is 28.8 Å². The number of carbonyl (C=O) groups excluding carboxylic acids is 2. The van der Waals surface area contributed by atoms with Crippen LogP contribution in [-0.4, -0.2) is 28.2 Å². The summed E-state index contributed by atoms with van der Waals surface area (Å²) in [5, 5.41) is 4.91. The summed E-state index contributed by atoms with van der Waals surface area (Å²) in [5.41, 5.74) is 4.14. The van der Waals surface area contributed by atoms with Crippen molar-refractivity contribution in [2.24, 2.45) is 0 Å². The fourth-order valence-electron chi connectivity index (χ4n) is 3.18. The number of anilines is 1. The minimum atomic E-state index is -0.104. The molecule has 3 rings (SSSR count). The van der Waals surface area contributed by atoms with Gasteiger partial charge in [-0.2, -0.15) is 0 Å². The first-order valence-electron chi connectivity index (χ1n) is 9.50. The molecule has 1 N–H and O–H groups in total. The van der Waals surface area contributed by atoms with E-state index in [0.717, 1.165) is 27.4 Å². The summed E-state index contributed by atoms with van der Waals surface area (Å²) in [6, 6.07) is 3.74. The van der Waals surface area contributed by atoms with Gasteiger partial charge in [0.2, 0.25) is 5.91 Å². The molecule has 3 heterocycles. The molecule has 0 radical (unpaired) electrons. The lowest BCUT2D eigenvalue weighted by Gasteiger charge is -2.27. The summed E-state index contributed by atoms with van der Waals surface area (Å²) in [6.45, 7) is 11.2. The summed E-state index contributed by atoms with van der Waals surface area (Å²) < 4.78 is 0. The van der Waals surface area contributed by atoms with Gasteiger partial charge < -0.3 is 10.2 Å². The zero-order chi connectivity index (χ0) is 20.5. The van der Waals surface area contributed by atoms with E-state index in [2.05, 4.69) is 31.1 Å². The van der Waals surface area contributed by atoms with E-state index in [4.69, 9.17) is 0 Å². The zero-order valence-electron chi connectivity index (χ0n) is 17.1. The lowest BCUT2D eigenvalue weighted by molar-refractivity contribution is -0.127. The van der Waals surface area contributed by atoms with Crippen LogP contribution in [0.5, 0.6) is 0 Å². The summed E-state index contributed by atoms with van der Waals surface area (Å²) in [7, 11) is 0. The van der Waals surface area contributed by atoms with E-state index in [-0.39, 0.29) is 17.2 Å². The molecule has 0 saturated heterocycles. The Morgan fingerprint density at radius 3 is 2.75 bits per heavy atom. The molecule has 1 aliphatic heterocycles. The van der Waals surface area contributed by atoms with Crippen molar-refractivity contribution in [1.29, 1.82) is 0 Å². The van der Waals surface area contributed by atoms with Gasteiger partial charge in [0, 0.05) is 45.4 Å². The first-order chi connectivity index (χ1) is 13.2. The maximum absolute atomic E-state index is 12.9. The Balaban J connectivity index is 1.76. The Morgan fingerprint density at radius 1 is 1.32 bits per heavy atom. The number of allylic oxidation sites excluding steroid dienone is 1. The van der Waals surface area contributed by atoms with E-state index >= 15 is 0 Å². The normalized spacial score (nSPS) is 14.6. The molecule has 0 aliphatic carbocycles. The number of pyridine rings is 1. The van der Waals surface area contributed by atoms with E-state index in [1.165, 1.54) is 0 Å². The molecule has 2 amide bonds. The Bertz CT molecular complexity index is 937. The molecule has 0 fully saturated rings. The number of hydrogen-bond donors (Lipinski definition) is 1. The van der Waals surface area contributed by atoms with Gasteiger partial charge in [0.15, 0.2) is 0 Å². The van der Waals surface area contributed by atoms with Crippen molar-refractivity contribution in [2.75, 3.05) is 11.9 Å². The largest absolute Gasteiger partial charge is 0.333 e. The number of thiophene rings is 1. The van der Waals surface area contributed by atoms with Gasteiger partial charge in [-0.05, 0) is 38.0 Å². The molecule has 0 bridgehead atoms. The van der Waals surface area contributed by atoms with Crippen molar-refractivity contribution in [3.05, 3.63) is 57.1 Å². The molecule has 2 aromatic rings. The monoisotopic (exact) mass is 397 g/mol. The molecule has 148 valence electrons. The molecule has 5 nitrogen and oxygen atoms in total. The minimum absolute atomic E-state index is 0.0686. The smallest absolute Gasteiger partial charge is 0.256 e. The van der Waals surface area contributed by atoms with Gasteiger partial charge in [0.25, 0.3) is 5.91 Å². The van der Waals surface area contributed by atoms with Gasteiger partial charge in [-0.25, -0.2) is 0 Å². The number of aromatic nitrogens is 1. The van der Waals surface area contributed by atoms with Crippen molar-refractivity contribution < 1.29 is 9.59 Å². The van der Waals surface area contributed by atoms with Crippen LogP contribution in [0.2, 0.25) is 0 Å². The summed E-state index contributed by atoms with van der Waals surface area (Å²) in [4.78, 5) is 32.6. The van der Waals surface area contributed by atoms with Gasteiger partial charge in [-0.1, -0.05) is 26.8 Å². The van der Waals surface area contributed by atoms with Crippen LogP contribution in [0.3, 0.4) is 0 Å². The second kappa shape index (κ2) is 7.87.